The Kier molecular flexibility index (Phi) is 4.26. The van der Waals surface area contributed by atoms with E-state index in [1.54, 1.807) is 0 Å². The largest absolute Gasteiger partial charge is 0.392 e. The molecule has 0 spiro atoms. The standard InChI is InChI=1S/C13H18ClNO2/c1-2-12-8-15(5-6-17-12)13-4-3-11(14)7-10(13)9-16/h3-4,7,12,16H,2,5-6,8-9H2,1H3. The Morgan fingerprint density at radius 1 is 1.53 bits per heavy atom. The highest BCUT2D eigenvalue weighted by atomic mass is 35.5. The molecule has 94 valence electrons. The third kappa shape index (κ3) is 2.92. The van der Waals surface area contributed by atoms with Gasteiger partial charge in [-0.1, -0.05) is 18.5 Å². The van der Waals surface area contributed by atoms with E-state index in [0.717, 1.165) is 37.4 Å². The van der Waals surface area contributed by atoms with Crippen molar-refractivity contribution in [2.24, 2.45) is 0 Å². The zero-order chi connectivity index (χ0) is 12.3. The van der Waals surface area contributed by atoms with Gasteiger partial charge < -0.3 is 14.7 Å². The van der Waals surface area contributed by atoms with Crippen molar-refractivity contribution in [1.82, 2.24) is 0 Å². The fourth-order valence-electron chi connectivity index (χ4n) is 2.17. The smallest absolute Gasteiger partial charge is 0.0748 e. The molecule has 1 aromatic carbocycles. The minimum Gasteiger partial charge on any atom is -0.392 e. The van der Waals surface area contributed by atoms with Crippen LogP contribution in [-0.2, 0) is 11.3 Å². The summed E-state index contributed by atoms with van der Waals surface area (Å²) in [5.74, 6) is 0. The van der Waals surface area contributed by atoms with Crippen LogP contribution in [0.5, 0.6) is 0 Å². The summed E-state index contributed by atoms with van der Waals surface area (Å²) < 4.78 is 5.65. The molecule has 1 aromatic rings. The van der Waals surface area contributed by atoms with Gasteiger partial charge in [-0.3, -0.25) is 0 Å². The highest BCUT2D eigenvalue weighted by molar-refractivity contribution is 6.30. The van der Waals surface area contributed by atoms with Crippen molar-refractivity contribution < 1.29 is 9.84 Å². The Bertz CT molecular complexity index is 384. The number of nitrogens with zero attached hydrogens (tertiary/aromatic N) is 1. The maximum absolute atomic E-state index is 9.38. The molecule has 17 heavy (non-hydrogen) atoms. The molecule has 1 unspecified atom stereocenters. The molecule has 4 heteroatoms. The molecular formula is C13H18ClNO2. The average Bonchev–Trinajstić information content (AvgIpc) is 2.38. The lowest BCUT2D eigenvalue weighted by molar-refractivity contribution is 0.0383. The van der Waals surface area contributed by atoms with Crippen molar-refractivity contribution in [3.05, 3.63) is 28.8 Å². The molecule has 0 amide bonds. The number of hydrogen-bond donors (Lipinski definition) is 1. The van der Waals surface area contributed by atoms with Gasteiger partial charge in [-0.25, -0.2) is 0 Å². The van der Waals surface area contributed by atoms with Crippen LogP contribution in [0.4, 0.5) is 5.69 Å². The van der Waals surface area contributed by atoms with Gasteiger partial charge in [0.25, 0.3) is 0 Å². The quantitative estimate of drug-likeness (QED) is 0.901. The number of rotatable bonds is 3. The van der Waals surface area contributed by atoms with Crippen molar-refractivity contribution in [2.45, 2.75) is 26.1 Å². The number of anilines is 1. The first-order chi connectivity index (χ1) is 8.24. The highest BCUT2D eigenvalue weighted by Gasteiger charge is 2.20. The van der Waals surface area contributed by atoms with Crippen molar-refractivity contribution in [1.29, 1.82) is 0 Å². The summed E-state index contributed by atoms with van der Waals surface area (Å²) in [6.45, 7) is 4.63. The number of halogens is 1. The first-order valence-electron chi connectivity index (χ1n) is 6.00. The third-order valence-electron chi connectivity index (χ3n) is 3.15. The summed E-state index contributed by atoms with van der Waals surface area (Å²) in [5, 5.41) is 10.0. The predicted octanol–water partition coefficient (Wildman–Crippen LogP) is 2.45. The van der Waals surface area contributed by atoms with Crippen molar-refractivity contribution in [3.8, 4) is 0 Å². The molecule has 1 heterocycles. The highest BCUT2D eigenvalue weighted by Crippen LogP contribution is 2.26. The summed E-state index contributed by atoms with van der Waals surface area (Å²) in [6, 6.07) is 5.67. The van der Waals surface area contributed by atoms with E-state index >= 15 is 0 Å². The number of hydrogen-bond acceptors (Lipinski definition) is 3. The van der Waals surface area contributed by atoms with E-state index in [-0.39, 0.29) is 12.7 Å². The molecule has 1 aliphatic rings. The van der Waals surface area contributed by atoms with E-state index in [1.165, 1.54) is 0 Å². The molecular weight excluding hydrogens is 238 g/mol. The van der Waals surface area contributed by atoms with Gasteiger partial charge in [-0.2, -0.15) is 0 Å². The molecule has 0 bridgehead atoms. The zero-order valence-electron chi connectivity index (χ0n) is 10.0. The van der Waals surface area contributed by atoms with E-state index in [1.807, 2.05) is 18.2 Å². The van der Waals surface area contributed by atoms with E-state index < -0.39 is 0 Å². The van der Waals surface area contributed by atoms with E-state index in [2.05, 4.69) is 11.8 Å². The van der Waals surface area contributed by atoms with Gasteiger partial charge in [0, 0.05) is 29.4 Å². The summed E-state index contributed by atoms with van der Waals surface area (Å²) in [6.07, 6.45) is 1.30. The van der Waals surface area contributed by atoms with Crippen molar-refractivity contribution in [3.63, 3.8) is 0 Å². The van der Waals surface area contributed by atoms with Crippen LogP contribution in [0.1, 0.15) is 18.9 Å². The molecule has 1 atom stereocenters. The lowest BCUT2D eigenvalue weighted by atomic mass is 10.1. The van der Waals surface area contributed by atoms with Crippen LogP contribution in [0.3, 0.4) is 0 Å². The monoisotopic (exact) mass is 255 g/mol. The average molecular weight is 256 g/mol. The summed E-state index contributed by atoms with van der Waals surface area (Å²) in [7, 11) is 0. The minimum absolute atomic E-state index is 0.0179. The normalized spacial score (nSPS) is 20.6. The van der Waals surface area contributed by atoms with Crippen LogP contribution in [-0.4, -0.2) is 30.9 Å². The zero-order valence-corrected chi connectivity index (χ0v) is 10.8. The van der Waals surface area contributed by atoms with Crippen LogP contribution >= 0.6 is 11.6 Å². The number of ether oxygens (including phenoxy) is 1. The third-order valence-corrected chi connectivity index (χ3v) is 3.38. The van der Waals surface area contributed by atoms with E-state index in [0.29, 0.717) is 5.02 Å². The molecule has 1 N–H and O–H groups in total. The Labute approximate surface area is 107 Å². The molecule has 1 fully saturated rings. The topological polar surface area (TPSA) is 32.7 Å². The van der Waals surface area contributed by atoms with Crippen molar-refractivity contribution in [2.75, 3.05) is 24.6 Å². The fourth-order valence-corrected chi connectivity index (χ4v) is 2.37. The number of benzene rings is 1. The molecule has 3 nitrogen and oxygen atoms in total. The Morgan fingerprint density at radius 3 is 3.06 bits per heavy atom. The Morgan fingerprint density at radius 2 is 2.35 bits per heavy atom. The second kappa shape index (κ2) is 5.71. The van der Waals surface area contributed by atoms with Gasteiger partial charge in [0.2, 0.25) is 0 Å². The summed E-state index contributed by atoms with van der Waals surface area (Å²) >= 11 is 5.94. The van der Waals surface area contributed by atoms with Gasteiger partial charge in [-0.15, -0.1) is 0 Å². The maximum atomic E-state index is 9.38. The van der Waals surface area contributed by atoms with Gasteiger partial charge in [0.15, 0.2) is 0 Å². The van der Waals surface area contributed by atoms with Crippen molar-refractivity contribution >= 4 is 17.3 Å². The molecule has 2 rings (SSSR count). The van der Waals surface area contributed by atoms with Crippen LogP contribution in [0.2, 0.25) is 5.02 Å². The number of aliphatic hydroxyl groups is 1. The molecule has 0 radical (unpaired) electrons. The van der Waals surface area contributed by atoms with Gasteiger partial charge in [-0.05, 0) is 24.6 Å². The SMILES string of the molecule is CCC1CN(c2ccc(Cl)cc2CO)CCO1. The second-order valence-electron chi connectivity index (χ2n) is 4.28. The number of aliphatic hydroxyl groups excluding tert-OH is 1. The molecule has 0 saturated carbocycles. The number of morpholine rings is 1. The molecule has 0 aliphatic carbocycles. The van der Waals surface area contributed by atoms with Gasteiger partial charge in [0.05, 0.1) is 19.3 Å². The first kappa shape index (κ1) is 12.7. The minimum atomic E-state index is 0.0179. The fraction of sp³-hybridized carbons (Fsp3) is 0.538. The first-order valence-corrected chi connectivity index (χ1v) is 6.38. The lowest BCUT2D eigenvalue weighted by Gasteiger charge is -2.35. The van der Waals surface area contributed by atoms with Gasteiger partial charge in [0.1, 0.15) is 0 Å². The van der Waals surface area contributed by atoms with Crippen LogP contribution in [0.25, 0.3) is 0 Å². The van der Waals surface area contributed by atoms with E-state index in [9.17, 15) is 5.11 Å². The molecule has 1 aliphatic heterocycles. The lowest BCUT2D eigenvalue weighted by Crippen LogP contribution is -2.42. The van der Waals surface area contributed by atoms with Crippen LogP contribution < -0.4 is 4.90 Å². The summed E-state index contributed by atoms with van der Waals surface area (Å²) in [4.78, 5) is 2.26. The molecule has 1 saturated heterocycles. The Hall–Kier alpha value is -0.770. The van der Waals surface area contributed by atoms with Crippen LogP contribution in [0, 0.1) is 0 Å². The van der Waals surface area contributed by atoms with Gasteiger partial charge >= 0.3 is 0 Å². The van der Waals surface area contributed by atoms with E-state index in [4.69, 9.17) is 16.3 Å². The Balaban J connectivity index is 2.20. The molecule has 0 aromatic heterocycles. The predicted molar refractivity (Wildman–Crippen MR) is 69.6 cm³/mol. The van der Waals surface area contributed by atoms with Crippen LogP contribution in [0.15, 0.2) is 18.2 Å². The second-order valence-corrected chi connectivity index (χ2v) is 4.71. The summed E-state index contributed by atoms with van der Waals surface area (Å²) in [5.41, 5.74) is 1.95. The maximum Gasteiger partial charge on any atom is 0.0748 e.